The van der Waals surface area contributed by atoms with E-state index in [4.69, 9.17) is 28.4 Å². The molecule has 0 aliphatic carbocycles. The minimum atomic E-state index is -0.0594. The summed E-state index contributed by atoms with van der Waals surface area (Å²) >= 11 is 0. The third-order valence-corrected chi connectivity index (χ3v) is 4.82. The molecule has 5 heterocycles. The lowest BCUT2D eigenvalue weighted by atomic mass is 10.3. The lowest BCUT2D eigenvalue weighted by Crippen LogP contribution is -2.04. The molecule has 0 radical (unpaired) electrons. The zero-order valence-electron chi connectivity index (χ0n) is 18.1. The molecule has 0 amide bonds. The number of hydrogen-bond acceptors (Lipinski definition) is 12. The Morgan fingerprint density at radius 1 is 0.306 bits per heavy atom. The van der Waals surface area contributed by atoms with Crippen LogP contribution in [0.3, 0.4) is 0 Å². The maximum absolute atomic E-state index is 5.88. The van der Waals surface area contributed by atoms with Crippen molar-refractivity contribution in [3.8, 4) is 70.6 Å². The highest BCUT2D eigenvalue weighted by atomic mass is 16.5. The van der Waals surface area contributed by atoms with E-state index in [-0.39, 0.29) is 36.1 Å². The number of rotatable bonds is 0. The first-order valence-corrected chi connectivity index (χ1v) is 10.6. The van der Waals surface area contributed by atoms with Crippen molar-refractivity contribution in [3.05, 3.63) is 72.8 Å². The van der Waals surface area contributed by atoms with Gasteiger partial charge in [0, 0.05) is 18.2 Å². The first-order valence-electron chi connectivity index (χ1n) is 10.6. The highest BCUT2D eigenvalue weighted by Gasteiger charge is 2.18. The zero-order valence-corrected chi connectivity index (χ0v) is 18.1. The fourth-order valence-corrected chi connectivity index (χ4v) is 3.35. The van der Waals surface area contributed by atoms with E-state index < -0.39 is 0 Å². The minimum absolute atomic E-state index is 0.0594. The van der Waals surface area contributed by atoms with Crippen LogP contribution >= 0.6 is 0 Å². The highest BCUT2D eigenvalue weighted by Crippen LogP contribution is 2.34. The predicted molar refractivity (Wildman–Crippen MR) is 119 cm³/mol. The molecule has 3 aliphatic rings. The van der Waals surface area contributed by atoms with Crippen molar-refractivity contribution in [2.45, 2.75) is 0 Å². The second kappa shape index (κ2) is 8.06. The Balaban J connectivity index is 1.49. The molecule has 5 aromatic rings. The molecule has 0 N–H and O–H groups in total. The van der Waals surface area contributed by atoms with Crippen molar-refractivity contribution in [1.29, 1.82) is 0 Å². The minimum Gasteiger partial charge on any atom is -0.424 e. The summed E-state index contributed by atoms with van der Waals surface area (Å²) in [6.07, 6.45) is 0. The van der Waals surface area contributed by atoms with Gasteiger partial charge in [0.05, 0.1) is 0 Å². The van der Waals surface area contributed by atoms with Crippen molar-refractivity contribution in [3.63, 3.8) is 0 Å². The van der Waals surface area contributed by atoms with E-state index in [0.29, 0.717) is 34.5 Å². The number of nitrogens with zero attached hydrogens (tertiary/aromatic N) is 6. The number of aromatic nitrogens is 6. The molecule has 0 atom stereocenters. The maximum Gasteiger partial charge on any atom is 0.331 e. The topological polar surface area (TPSA) is 133 Å². The molecule has 36 heavy (non-hydrogen) atoms. The summed E-state index contributed by atoms with van der Waals surface area (Å²) < 4.78 is 35.3. The van der Waals surface area contributed by atoms with Crippen molar-refractivity contribution < 1.29 is 28.4 Å². The predicted octanol–water partition coefficient (Wildman–Crippen LogP) is 5.44. The third-order valence-electron chi connectivity index (χ3n) is 4.82. The summed E-state index contributed by atoms with van der Waals surface area (Å²) in [5, 5.41) is 0. The molecule has 0 saturated heterocycles. The molecule has 2 aromatic heterocycles. The van der Waals surface area contributed by atoms with Crippen LogP contribution in [0, 0.1) is 0 Å². The SMILES string of the molecule is c1cc2cc(c1)Oc1nc3nc(n1)Oc1cccc(c1)Oc1nc(nc(n1)Oc1cccc(c1)O3)O2. The number of benzene rings is 3. The van der Waals surface area contributed by atoms with Crippen LogP contribution in [0.4, 0.5) is 0 Å². The largest absolute Gasteiger partial charge is 0.424 e. The average Bonchev–Trinajstić information content (AvgIpc) is 2.83. The lowest BCUT2D eigenvalue weighted by molar-refractivity contribution is 0.347. The van der Waals surface area contributed by atoms with Crippen LogP contribution in [0.1, 0.15) is 0 Å². The highest BCUT2D eigenvalue weighted by molar-refractivity contribution is 5.40. The molecule has 174 valence electrons. The van der Waals surface area contributed by atoms with Gasteiger partial charge in [0.1, 0.15) is 34.5 Å². The molecule has 12 heteroatoms. The third kappa shape index (κ3) is 4.09. The van der Waals surface area contributed by atoms with E-state index in [1.807, 2.05) is 0 Å². The van der Waals surface area contributed by atoms with Gasteiger partial charge < -0.3 is 28.4 Å². The Labute approximate surface area is 202 Å². The fraction of sp³-hybridized carbons (Fsp3) is 0. The number of ether oxygens (including phenoxy) is 6. The first kappa shape index (κ1) is 19.9. The Kier molecular flexibility index (Phi) is 4.45. The van der Waals surface area contributed by atoms with Gasteiger partial charge in [0.2, 0.25) is 0 Å². The second-order valence-corrected chi connectivity index (χ2v) is 7.40. The van der Waals surface area contributed by atoms with Crippen LogP contribution in [0.5, 0.6) is 70.6 Å². The van der Waals surface area contributed by atoms with Gasteiger partial charge in [-0.2, -0.15) is 0 Å². The maximum atomic E-state index is 5.88. The summed E-state index contributed by atoms with van der Waals surface area (Å²) in [5.74, 6) is 2.25. The van der Waals surface area contributed by atoms with E-state index in [2.05, 4.69) is 29.9 Å². The fourth-order valence-electron chi connectivity index (χ4n) is 3.35. The summed E-state index contributed by atoms with van der Waals surface area (Å²) in [6.45, 7) is 0. The molecule has 8 rings (SSSR count). The van der Waals surface area contributed by atoms with E-state index >= 15 is 0 Å². The summed E-state index contributed by atoms with van der Waals surface area (Å²) in [4.78, 5) is 25.6. The summed E-state index contributed by atoms with van der Waals surface area (Å²) in [5.41, 5.74) is 0. The van der Waals surface area contributed by atoms with Crippen LogP contribution in [-0.2, 0) is 0 Å². The van der Waals surface area contributed by atoms with Crippen molar-refractivity contribution in [2.24, 2.45) is 0 Å². The van der Waals surface area contributed by atoms with Crippen molar-refractivity contribution in [2.75, 3.05) is 0 Å². The summed E-state index contributed by atoms with van der Waals surface area (Å²) in [6, 6.07) is 19.8. The molecule has 12 bridgehead atoms. The molecular weight excluding hydrogens is 468 g/mol. The molecule has 0 spiro atoms. The van der Waals surface area contributed by atoms with Crippen LogP contribution in [0.25, 0.3) is 0 Å². The van der Waals surface area contributed by atoms with Gasteiger partial charge in [0.15, 0.2) is 0 Å². The Morgan fingerprint density at radius 3 is 0.694 bits per heavy atom. The van der Waals surface area contributed by atoms with Gasteiger partial charge in [-0.3, -0.25) is 0 Å². The van der Waals surface area contributed by atoms with Crippen LogP contribution < -0.4 is 28.4 Å². The molecular formula is C24H12N6O6. The Hall–Kier alpha value is -5.52. The van der Waals surface area contributed by atoms with Gasteiger partial charge in [-0.1, -0.05) is 18.2 Å². The van der Waals surface area contributed by atoms with E-state index in [9.17, 15) is 0 Å². The standard InChI is InChI=1S/C24H12N6O6/c1-4-13-10-14(5-1)32-20-26-22-30-24(28-20)36-18-9-3-8-17(12-18)35-23-27-19(31-13)25-21(29-23)33-15-6-2-7-16(11-15)34-22/h1-12H. The van der Waals surface area contributed by atoms with Gasteiger partial charge in [-0.15, -0.1) is 29.9 Å². The monoisotopic (exact) mass is 480 g/mol. The Morgan fingerprint density at radius 2 is 0.500 bits per heavy atom. The van der Waals surface area contributed by atoms with Crippen LogP contribution in [0.2, 0.25) is 0 Å². The van der Waals surface area contributed by atoms with E-state index in [1.165, 1.54) is 0 Å². The molecule has 0 saturated carbocycles. The molecule has 3 aromatic carbocycles. The normalized spacial score (nSPS) is 12.7. The zero-order chi connectivity index (χ0) is 23.9. The quantitative estimate of drug-likeness (QED) is 0.274. The van der Waals surface area contributed by atoms with Gasteiger partial charge in [-0.05, 0) is 36.4 Å². The second-order valence-electron chi connectivity index (χ2n) is 7.40. The first-order chi connectivity index (χ1) is 17.7. The lowest BCUT2D eigenvalue weighted by Gasteiger charge is -2.14. The van der Waals surface area contributed by atoms with Crippen molar-refractivity contribution in [1.82, 2.24) is 29.9 Å². The smallest absolute Gasteiger partial charge is 0.331 e. The average molecular weight is 480 g/mol. The van der Waals surface area contributed by atoms with E-state index in [0.717, 1.165) is 0 Å². The van der Waals surface area contributed by atoms with Gasteiger partial charge >= 0.3 is 36.1 Å². The van der Waals surface area contributed by atoms with Crippen molar-refractivity contribution >= 4 is 0 Å². The molecule has 12 nitrogen and oxygen atoms in total. The molecule has 3 aliphatic heterocycles. The van der Waals surface area contributed by atoms with Crippen LogP contribution in [0.15, 0.2) is 72.8 Å². The summed E-state index contributed by atoms with van der Waals surface area (Å²) in [7, 11) is 0. The van der Waals surface area contributed by atoms with Gasteiger partial charge in [-0.25, -0.2) is 0 Å². The number of hydrogen-bond donors (Lipinski definition) is 0. The Bertz CT molecular complexity index is 1310. The van der Waals surface area contributed by atoms with E-state index in [1.54, 1.807) is 72.8 Å². The van der Waals surface area contributed by atoms with Gasteiger partial charge in [0.25, 0.3) is 0 Å². The van der Waals surface area contributed by atoms with Crippen LogP contribution in [-0.4, -0.2) is 29.9 Å². The molecule has 0 fully saturated rings. The molecule has 0 unspecified atom stereocenters.